The molecular formula is C20H28N4O. The Morgan fingerprint density at radius 3 is 2.64 bits per heavy atom. The van der Waals surface area contributed by atoms with Crippen LogP contribution >= 0.6 is 0 Å². The molecule has 0 spiro atoms. The van der Waals surface area contributed by atoms with Gasteiger partial charge in [0.15, 0.2) is 5.96 Å². The van der Waals surface area contributed by atoms with Gasteiger partial charge in [-0.25, -0.2) is 4.98 Å². The Balaban J connectivity index is 1.49. The lowest BCUT2D eigenvalue weighted by Gasteiger charge is -2.16. The molecule has 134 valence electrons. The first-order chi connectivity index (χ1) is 12.2. The third-order valence-corrected chi connectivity index (χ3v) is 4.71. The summed E-state index contributed by atoms with van der Waals surface area (Å²) in [4.78, 5) is 8.98. The van der Waals surface area contributed by atoms with E-state index in [1.54, 1.807) is 6.26 Å². The minimum atomic E-state index is 0.478. The zero-order valence-electron chi connectivity index (χ0n) is 15.0. The summed E-state index contributed by atoms with van der Waals surface area (Å²) >= 11 is 0. The first-order valence-electron chi connectivity index (χ1n) is 9.28. The van der Waals surface area contributed by atoms with Gasteiger partial charge in [-0.2, -0.15) is 0 Å². The summed E-state index contributed by atoms with van der Waals surface area (Å²) in [6.07, 6.45) is 10.1. The first kappa shape index (κ1) is 17.5. The molecule has 3 rings (SSSR count). The molecule has 1 aromatic heterocycles. The number of aromatic nitrogens is 1. The number of hydrogen-bond donors (Lipinski definition) is 2. The maximum Gasteiger partial charge on any atom is 0.226 e. The summed E-state index contributed by atoms with van der Waals surface area (Å²) in [5.41, 5.74) is 9.15. The van der Waals surface area contributed by atoms with Crippen LogP contribution in [0.15, 0.2) is 39.9 Å². The summed E-state index contributed by atoms with van der Waals surface area (Å²) in [5, 5.41) is 3.37. The Morgan fingerprint density at radius 1 is 1.20 bits per heavy atom. The van der Waals surface area contributed by atoms with E-state index in [-0.39, 0.29) is 0 Å². The van der Waals surface area contributed by atoms with Crippen LogP contribution in [0.2, 0.25) is 0 Å². The number of hydrogen-bond acceptors (Lipinski definition) is 3. The number of aliphatic imine (C=N–C) groups is 1. The van der Waals surface area contributed by atoms with Crippen molar-refractivity contribution in [2.24, 2.45) is 10.7 Å². The molecule has 0 aliphatic heterocycles. The highest BCUT2D eigenvalue weighted by Crippen LogP contribution is 2.19. The third-order valence-electron chi connectivity index (χ3n) is 4.71. The number of guanidine groups is 1. The average molecular weight is 340 g/mol. The number of nitrogens with two attached hydrogens (primary N) is 1. The molecule has 0 amide bonds. The molecular weight excluding hydrogens is 312 g/mol. The van der Waals surface area contributed by atoms with Crippen molar-refractivity contribution in [2.75, 3.05) is 6.54 Å². The van der Waals surface area contributed by atoms with Crippen LogP contribution in [0.1, 0.15) is 49.8 Å². The second kappa shape index (κ2) is 8.70. The lowest BCUT2D eigenvalue weighted by Crippen LogP contribution is -2.40. The summed E-state index contributed by atoms with van der Waals surface area (Å²) in [6.45, 7) is 2.68. The average Bonchev–Trinajstić information content (AvgIpc) is 2.92. The maximum atomic E-state index is 6.03. The number of oxazole rings is 1. The molecule has 5 nitrogen and oxygen atoms in total. The molecule has 1 aromatic carbocycles. The number of aryl methyl sites for hydroxylation is 1. The highest BCUT2D eigenvalue weighted by atomic mass is 16.3. The topological polar surface area (TPSA) is 76.4 Å². The number of nitrogens with one attached hydrogen (secondary N) is 1. The molecule has 0 bridgehead atoms. The van der Waals surface area contributed by atoms with Crippen molar-refractivity contribution in [3.63, 3.8) is 0 Å². The minimum Gasteiger partial charge on any atom is -0.444 e. The Kier molecular flexibility index (Phi) is 6.09. The van der Waals surface area contributed by atoms with Crippen molar-refractivity contribution in [2.45, 2.75) is 57.9 Å². The van der Waals surface area contributed by atoms with Crippen molar-refractivity contribution >= 4 is 5.96 Å². The molecule has 3 N–H and O–H groups in total. The van der Waals surface area contributed by atoms with Crippen LogP contribution in [0.3, 0.4) is 0 Å². The van der Waals surface area contributed by atoms with Gasteiger partial charge in [0.2, 0.25) is 5.89 Å². The van der Waals surface area contributed by atoms with E-state index in [9.17, 15) is 0 Å². The quantitative estimate of drug-likeness (QED) is 0.493. The predicted octanol–water partition coefficient (Wildman–Crippen LogP) is 3.82. The lowest BCUT2D eigenvalue weighted by molar-refractivity contribution is 0.530. The van der Waals surface area contributed by atoms with Gasteiger partial charge in [-0.05, 0) is 31.9 Å². The smallest absolute Gasteiger partial charge is 0.226 e. The molecule has 1 heterocycles. The number of benzene rings is 1. The van der Waals surface area contributed by atoms with Gasteiger partial charge >= 0.3 is 0 Å². The highest BCUT2D eigenvalue weighted by Gasteiger charge is 2.12. The van der Waals surface area contributed by atoms with Crippen molar-refractivity contribution in [1.82, 2.24) is 10.3 Å². The van der Waals surface area contributed by atoms with Crippen LogP contribution in [0.4, 0.5) is 0 Å². The van der Waals surface area contributed by atoms with E-state index in [1.165, 1.54) is 44.1 Å². The SMILES string of the molecule is Cc1ccc(-c2nc(CCN=C(N)NC3CCCCCC3)co2)cc1. The second-order valence-corrected chi connectivity index (χ2v) is 6.86. The summed E-state index contributed by atoms with van der Waals surface area (Å²) in [6, 6.07) is 8.65. The molecule has 1 saturated carbocycles. The molecule has 1 aliphatic carbocycles. The van der Waals surface area contributed by atoms with Crippen LogP contribution in [0.5, 0.6) is 0 Å². The normalized spacial score (nSPS) is 16.6. The zero-order chi connectivity index (χ0) is 17.5. The van der Waals surface area contributed by atoms with E-state index in [2.05, 4.69) is 34.3 Å². The van der Waals surface area contributed by atoms with Crippen molar-refractivity contribution in [3.8, 4) is 11.5 Å². The molecule has 25 heavy (non-hydrogen) atoms. The van der Waals surface area contributed by atoms with Crippen LogP contribution in [-0.2, 0) is 6.42 Å². The second-order valence-electron chi connectivity index (χ2n) is 6.86. The third kappa shape index (κ3) is 5.34. The standard InChI is InChI=1S/C20H28N4O/c1-15-8-10-16(11-9-15)19-23-18(14-25-19)12-13-22-20(21)24-17-6-4-2-3-5-7-17/h8-11,14,17H,2-7,12-13H2,1H3,(H3,21,22,24). The largest absolute Gasteiger partial charge is 0.444 e. The highest BCUT2D eigenvalue weighted by molar-refractivity contribution is 5.78. The van der Waals surface area contributed by atoms with Gasteiger partial charge in [-0.3, -0.25) is 4.99 Å². The van der Waals surface area contributed by atoms with Gasteiger partial charge in [-0.15, -0.1) is 0 Å². The van der Waals surface area contributed by atoms with Crippen LogP contribution in [0, 0.1) is 6.92 Å². The lowest BCUT2D eigenvalue weighted by atomic mass is 10.1. The number of nitrogens with zero attached hydrogens (tertiary/aromatic N) is 2. The van der Waals surface area contributed by atoms with Crippen LogP contribution in [0.25, 0.3) is 11.5 Å². The van der Waals surface area contributed by atoms with Gasteiger partial charge < -0.3 is 15.5 Å². The van der Waals surface area contributed by atoms with Crippen LogP contribution < -0.4 is 11.1 Å². The van der Waals surface area contributed by atoms with Crippen molar-refractivity contribution in [3.05, 3.63) is 41.8 Å². The van der Waals surface area contributed by atoms with Gasteiger partial charge in [0, 0.05) is 24.6 Å². The van der Waals surface area contributed by atoms with E-state index in [1.807, 2.05) is 12.1 Å². The molecule has 0 atom stereocenters. The molecule has 0 radical (unpaired) electrons. The molecule has 2 aromatic rings. The minimum absolute atomic E-state index is 0.478. The van der Waals surface area contributed by atoms with E-state index in [4.69, 9.17) is 10.2 Å². The fourth-order valence-electron chi connectivity index (χ4n) is 3.22. The van der Waals surface area contributed by atoms with E-state index in [0.29, 0.717) is 24.4 Å². The van der Waals surface area contributed by atoms with Gasteiger partial charge in [0.1, 0.15) is 6.26 Å². The monoisotopic (exact) mass is 340 g/mol. The Labute approximate surface area is 149 Å². The van der Waals surface area contributed by atoms with E-state index < -0.39 is 0 Å². The van der Waals surface area contributed by atoms with E-state index in [0.717, 1.165) is 17.7 Å². The summed E-state index contributed by atoms with van der Waals surface area (Å²) < 4.78 is 5.58. The molecule has 5 heteroatoms. The molecule has 1 aliphatic rings. The first-order valence-corrected chi connectivity index (χ1v) is 9.28. The van der Waals surface area contributed by atoms with Crippen molar-refractivity contribution in [1.29, 1.82) is 0 Å². The predicted molar refractivity (Wildman–Crippen MR) is 101 cm³/mol. The van der Waals surface area contributed by atoms with Crippen molar-refractivity contribution < 1.29 is 4.42 Å². The van der Waals surface area contributed by atoms with Crippen LogP contribution in [-0.4, -0.2) is 23.5 Å². The molecule has 1 fully saturated rings. The number of rotatable bonds is 5. The maximum absolute atomic E-state index is 6.03. The van der Waals surface area contributed by atoms with Gasteiger partial charge in [0.05, 0.1) is 5.69 Å². The Bertz CT molecular complexity index is 682. The van der Waals surface area contributed by atoms with Gasteiger partial charge in [0.25, 0.3) is 0 Å². The van der Waals surface area contributed by atoms with Gasteiger partial charge in [-0.1, -0.05) is 43.4 Å². The Hall–Kier alpha value is -2.30. The fourth-order valence-corrected chi connectivity index (χ4v) is 3.22. The zero-order valence-corrected chi connectivity index (χ0v) is 15.0. The Morgan fingerprint density at radius 2 is 1.92 bits per heavy atom. The molecule has 0 unspecified atom stereocenters. The fraction of sp³-hybridized carbons (Fsp3) is 0.500. The summed E-state index contributed by atoms with van der Waals surface area (Å²) in [7, 11) is 0. The van der Waals surface area contributed by atoms with E-state index >= 15 is 0 Å². The molecule has 0 saturated heterocycles. The summed E-state index contributed by atoms with van der Waals surface area (Å²) in [5.74, 6) is 1.21.